The fourth-order valence-electron chi connectivity index (χ4n) is 2.39. The Labute approximate surface area is 151 Å². The smallest absolute Gasteiger partial charge is 0.244 e. The minimum atomic E-state index is -0.428. The van der Waals surface area contributed by atoms with Gasteiger partial charge in [0, 0.05) is 25.1 Å². The summed E-state index contributed by atoms with van der Waals surface area (Å²) in [4.78, 5) is 25.5. The normalized spacial score (nSPS) is 10.2. The molecule has 2 rings (SSSR count). The van der Waals surface area contributed by atoms with Gasteiger partial charge in [0.25, 0.3) is 0 Å². The Bertz CT molecular complexity index is 795. The van der Waals surface area contributed by atoms with E-state index in [4.69, 9.17) is 9.47 Å². The third kappa shape index (κ3) is 4.95. The predicted molar refractivity (Wildman–Crippen MR) is 95.7 cm³/mol. The van der Waals surface area contributed by atoms with E-state index in [1.54, 1.807) is 36.4 Å². The molecule has 0 saturated heterocycles. The topological polar surface area (TPSA) is 67.9 Å². The summed E-state index contributed by atoms with van der Waals surface area (Å²) in [5.74, 6) is -0.170. The highest BCUT2D eigenvalue weighted by Crippen LogP contribution is 2.28. The Morgan fingerprint density at radius 1 is 1.12 bits per heavy atom. The van der Waals surface area contributed by atoms with Crippen LogP contribution in [-0.2, 0) is 16.1 Å². The van der Waals surface area contributed by atoms with E-state index in [0.717, 1.165) is 0 Å². The molecule has 7 heteroatoms. The van der Waals surface area contributed by atoms with Gasteiger partial charge in [0.2, 0.25) is 11.8 Å². The lowest BCUT2D eigenvalue weighted by atomic mass is 10.2. The molecule has 0 unspecified atom stereocenters. The van der Waals surface area contributed by atoms with E-state index < -0.39 is 11.7 Å². The molecule has 26 heavy (non-hydrogen) atoms. The number of amides is 2. The highest BCUT2D eigenvalue weighted by molar-refractivity contribution is 5.95. The van der Waals surface area contributed by atoms with Gasteiger partial charge in [-0.25, -0.2) is 4.39 Å². The number of nitrogens with zero attached hydrogens (tertiary/aromatic N) is 1. The lowest BCUT2D eigenvalue weighted by Gasteiger charge is -2.21. The number of carbonyl (C=O) groups is 2. The van der Waals surface area contributed by atoms with Crippen LogP contribution in [-0.4, -0.2) is 37.5 Å². The van der Waals surface area contributed by atoms with E-state index in [1.165, 1.54) is 32.1 Å². The van der Waals surface area contributed by atoms with Crippen LogP contribution in [0.5, 0.6) is 11.5 Å². The Kier molecular flexibility index (Phi) is 6.54. The Balaban J connectivity index is 2.11. The molecule has 0 aliphatic heterocycles. The average Bonchev–Trinajstić information content (AvgIpc) is 2.62. The van der Waals surface area contributed by atoms with Gasteiger partial charge >= 0.3 is 0 Å². The molecule has 0 aromatic heterocycles. The summed E-state index contributed by atoms with van der Waals surface area (Å²) >= 11 is 0. The van der Waals surface area contributed by atoms with Gasteiger partial charge in [0.05, 0.1) is 19.9 Å². The number of rotatable bonds is 7. The zero-order valence-electron chi connectivity index (χ0n) is 14.9. The molecule has 1 N–H and O–H groups in total. The summed E-state index contributed by atoms with van der Waals surface area (Å²) in [6, 6.07) is 11.1. The Morgan fingerprint density at radius 2 is 1.85 bits per heavy atom. The molecule has 0 heterocycles. The van der Waals surface area contributed by atoms with Crippen molar-refractivity contribution in [2.45, 2.75) is 13.5 Å². The molecule has 2 amide bonds. The van der Waals surface area contributed by atoms with E-state index >= 15 is 0 Å². The van der Waals surface area contributed by atoms with Crippen LogP contribution in [0.2, 0.25) is 0 Å². The number of benzene rings is 2. The largest absolute Gasteiger partial charge is 0.497 e. The van der Waals surface area contributed by atoms with Gasteiger partial charge in [0.15, 0.2) is 0 Å². The number of anilines is 1. The molecule has 6 nitrogen and oxygen atoms in total. The first-order valence-electron chi connectivity index (χ1n) is 7.95. The molecule has 0 spiro atoms. The molecule has 2 aromatic carbocycles. The first-order valence-corrected chi connectivity index (χ1v) is 7.95. The number of carbonyl (C=O) groups excluding carboxylic acids is 2. The van der Waals surface area contributed by atoms with Gasteiger partial charge in [-0.15, -0.1) is 0 Å². The summed E-state index contributed by atoms with van der Waals surface area (Å²) in [5.41, 5.74) is 0.765. The number of halogens is 1. The van der Waals surface area contributed by atoms with E-state index in [1.807, 2.05) is 0 Å². The maximum atomic E-state index is 13.8. The zero-order chi connectivity index (χ0) is 19.1. The van der Waals surface area contributed by atoms with Crippen molar-refractivity contribution in [3.63, 3.8) is 0 Å². The van der Waals surface area contributed by atoms with Gasteiger partial charge in [-0.05, 0) is 18.2 Å². The molecule has 0 saturated carbocycles. The molecule has 0 aliphatic carbocycles. The van der Waals surface area contributed by atoms with Crippen LogP contribution in [0.25, 0.3) is 0 Å². The summed E-state index contributed by atoms with van der Waals surface area (Å²) in [6.45, 7) is 1.12. The fraction of sp³-hybridized carbons (Fsp3) is 0.263. The molecule has 2 aromatic rings. The van der Waals surface area contributed by atoms with E-state index in [0.29, 0.717) is 22.7 Å². The minimum absolute atomic E-state index is 0.00464. The second kappa shape index (κ2) is 8.84. The second-order valence-electron chi connectivity index (χ2n) is 5.58. The molecule has 0 radical (unpaired) electrons. The minimum Gasteiger partial charge on any atom is -0.497 e. The van der Waals surface area contributed by atoms with Crippen LogP contribution in [0.4, 0.5) is 10.1 Å². The fourth-order valence-corrected chi connectivity index (χ4v) is 2.39. The molecule has 0 atom stereocenters. The lowest BCUT2D eigenvalue weighted by Crippen LogP contribution is -2.36. The van der Waals surface area contributed by atoms with Crippen LogP contribution < -0.4 is 14.8 Å². The third-order valence-electron chi connectivity index (χ3n) is 3.78. The highest BCUT2D eigenvalue weighted by Gasteiger charge is 2.17. The van der Waals surface area contributed by atoms with Gasteiger partial charge in [-0.1, -0.05) is 18.2 Å². The van der Waals surface area contributed by atoms with Crippen LogP contribution in [0.1, 0.15) is 12.5 Å². The summed E-state index contributed by atoms with van der Waals surface area (Å²) in [7, 11) is 3.00. The van der Waals surface area contributed by atoms with Crippen molar-refractivity contribution in [1.29, 1.82) is 0 Å². The molecule has 138 valence electrons. The van der Waals surface area contributed by atoms with Crippen molar-refractivity contribution < 1.29 is 23.5 Å². The number of hydrogen-bond donors (Lipinski definition) is 1. The molecular formula is C19H21FN2O4. The van der Waals surface area contributed by atoms with Crippen LogP contribution in [0, 0.1) is 5.82 Å². The zero-order valence-corrected chi connectivity index (χ0v) is 14.9. The van der Waals surface area contributed by atoms with E-state index in [9.17, 15) is 14.0 Å². The first-order chi connectivity index (χ1) is 12.4. The van der Waals surface area contributed by atoms with Gasteiger partial charge in [-0.3, -0.25) is 9.59 Å². The summed E-state index contributed by atoms with van der Waals surface area (Å²) in [5, 5.41) is 2.69. The van der Waals surface area contributed by atoms with Crippen molar-refractivity contribution in [3.8, 4) is 11.5 Å². The van der Waals surface area contributed by atoms with Crippen molar-refractivity contribution in [2.24, 2.45) is 0 Å². The number of methoxy groups -OCH3 is 2. The van der Waals surface area contributed by atoms with E-state index in [2.05, 4.69) is 5.32 Å². The van der Waals surface area contributed by atoms with Crippen molar-refractivity contribution >= 4 is 17.5 Å². The van der Waals surface area contributed by atoms with Crippen molar-refractivity contribution in [3.05, 3.63) is 53.8 Å². The average molecular weight is 360 g/mol. The van der Waals surface area contributed by atoms with E-state index in [-0.39, 0.29) is 19.0 Å². The highest BCUT2D eigenvalue weighted by atomic mass is 19.1. The van der Waals surface area contributed by atoms with Gasteiger partial charge in [0.1, 0.15) is 23.9 Å². The standard InChI is InChI=1S/C19H21FN2O4/c1-13(23)22(11-14-6-4-5-7-16(14)20)12-19(24)21-17-10-15(25-2)8-9-18(17)26-3/h4-10H,11-12H2,1-3H3,(H,21,24). The third-order valence-corrected chi connectivity index (χ3v) is 3.78. The van der Waals surface area contributed by atoms with Gasteiger partial charge in [-0.2, -0.15) is 0 Å². The summed E-state index contributed by atoms with van der Waals surface area (Å²) in [6.07, 6.45) is 0. The maximum absolute atomic E-state index is 13.8. The second-order valence-corrected chi connectivity index (χ2v) is 5.58. The number of nitrogens with one attached hydrogen (secondary N) is 1. The Morgan fingerprint density at radius 3 is 2.46 bits per heavy atom. The van der Waals surface area contributed by atoms with Crippen LogP contribution in [0.3, 0.4) is 0 Å². The van der Waals surface area contributed by atoms with Crippen LogP contribution >= 0.6 is 0 Å². The first kappa shape index (κ1) is 19.2. The predicted octanol–water partition coefficient (Wildman–Crippen LogP) is 2.83. The summed E-state index contributed by atoms with van der Waals surface area (Å²) < 4.78 is 24.2. The van der Waals surface area contributed by atoms with Crippen molar-refractivity contribution in [2.75, 3.05) is 26.1 Å². The maximum Gasteiger partial charge on any atom is 0.244 e. The molecule has 0 fully saturated rings. The Hall–Kier alpha value is -3.09. The quantitative estimate of drug-likeness (QED) is 0.824. The van der Waals surface area contributed by atoms with Crippen LogP contribution in [0.15, 0.2) is 42.5 Å². The molecular weight excluding hydrogens is 339 g/mol. The number of hydrogen-bond acceptors (Lipinski definition) is 4. The lowest BCUT2D eigenvalue weighted by molar-refractivity contribution is -0.133. The van der Waals surface area contributed by atoms with Crippen molar-refractivity contribution in [1.82, 2.24) is 4.90 Å². The molecule has 0 aliphatic rings. The molecule has 0 bridgehead atoms. The SMILES string of the molecule is COc1ccc(OC)c(NC(=O)CN(Cc2ccccc2F)C(C)=O)c1. The van der Waals surface area contributed by atoms with Gasteiger partial charge < -0.3 is 19.7 Å². The monoisotopic (exact) mass is 360 g/mol. The number of ether oxygens (including phenoxy) is 2.